The molecule has 0 spiro atoms. The van der Waals surface area contributed by atoms with Crippen molar-refractivity contribution in [3.8, 4) is 0 Å². The molecule has 1 saturated heterocycles. The second kappa shape index (κ2) is 4.40. The van der Waals surface area contributed by atoms with Gasteiger partial charge in [0.2, 0.25) is 0 Å². The van der Waals surface area contributed by atoms with Gasteiger partial charge in [-0.05, 0) is 26.3 Å². The molecule has 0 aliphatic carbocycles. The Bertz CT molecular complexity index is 393. The summed E-state index contributed by atoms with van der Waals surface area (Å²) in [5.41, 5.74) is 2.47. The Morgan fingerprint density at radius 1 is 1.38 bits per heavy atom. The third-order valence-corrected chi connectivity index (χ3v) is 2.58. The molecule has 2 nitrogen and oxygen atoms in total. The Balaban J connectivity index is 2.00. The Morgan fingerprint density at radius 2 is 2.19 bits per heavy atom. The van der Waals surface area contributed by atoms with Gasteiger partial charge in [0.1, 0.15) is 6.10 Å². The van der Waals surface area contributed by atoms with E-state index < -0.39 is 5.79 Å². The average molecular weight is 218 g/mol. The second-order valence-electron chi connectivity index (χ2n) is 4.64. The van der Waals surface area contributed by atoms with E-state index in [0.29, 0.717) is 6.61 Å². The summed E-state index contributed by atoms with van der Waals surface area (Å²) in [7, 11) is 0. The molecule has 1 heterocycles. The zero-order chi connectivity index (χ0) is 11.6. The smallest absolute Gasteiger partial charge is 0.163 e. The van der Waals surface area contributed by atoms with Crippen molar-refractivity contribution in [3.05, 3.63) is 41.5 Å². The predicted molar refractivity (Wildman–Crippen MR) is 65.1 cm³/mol. The van der Waals surface area contributed by atoms with Crippen LogP contribution in [0.5, 0.6) is 0 Å². The van der Waals surface area contributed by atoms with E-state index >= 15 is 0 Å². The Morgan fingerprint density at radius 3 is 2.81 bits per heavy atom. The van der Waals surface area contributed by atoms with Crippen molar-refractivity contribution < 1.29 is 9.47 Å². The van der Waals surface area contributed by atoms with E-state index in [9.17, 15) is 0 Å². The second-order valence-corrected chi connectivity index (χ2v) is 4.64. The van der Waals surface area contributed by atoms with E-state index in [1.165, 1.54) is 11.1 Å². The lowest BCUT2D eigenvalue weighted by Crippen LogP contribution is -2.20. The molecule has 2 rings (SSSR count). The van der Waals surface area contributed by atoms with Crippen LogP contribution < -0.4 is 0 Å². The molecule has 0 amide bonds. The molecule has 86 valence electrons. The topological polar surface area (TPSA) is 18.5 Å². The molecule has 0 saturated carbocycles. The lowest BCUT2D eigenvalue weighted by Gasteiger charge is -2.15. The van der Waals surface area contributed by atoms with Gasteiger partial charge in [0.15, 0.2) is 5.79 Å². The highest BCUT2D eigenvalue weighted by Gasteiger charge is 2.30. The van der Waals surface area contributed by atoms with Crippen LogP contribution in [0.15, 0.2) is 30.3 Å². The fourth-order valence-electron chi connectivity index (χ4n) is 1.80. The molecular weight excluding hydrogens is 200 g/mol. The number of rotatable bonds is 2. The number of aryl methyl sites for hydroxylation is 1. The Kier molecular flexibility index (Phi) is 3.13. The third kappa shape index (κ3) is 2.94. The first-order chi connectivity index (χ1) is 7.55. The van der Waals surface area contributed by atoms with Gasteiger partial charge < -0.3 is 9.47 Å². The van der Waals surface area contributed by atoms with Gasteiger partial charge in [-0.2, -0.15) is 0 Å². The van der Waals surface area contributed by atoms with Crippen molar-refractivity contribution in [2.75, 3.05) is 6.61 Å². The summed E-state index contributed by atoms with van der Waals surface area (Å²) >= 11 is 0. The highest BCUT2D eigenvalue weighted by atomic mass is 16.7. The van der Waals surface area contributed by atoms with Crippen molar-refractivity contribution in [1.82, 2.24) is 0 Å². The molecule has 1 atom stereocenters. The minimum absolute atomic E-state index is 0.0653. The molecule has 1 aromatic rings. The minimum atomic E-state index is -0.443. The van der Waals surface area contributed by atoms with Gasteiger partial charge in [-0.1, -0.05) is 42.0 Å². The van der Waals surface area contributed by atoms with Crippen molar-refractivity contribution in [2.45, 2.75) is 32.7 Å². The van der Waals surface area contributed by atoms with Crippen LogP contribution in [0.3, 0.4) is 0 Å². The summed E-state index contributed by atoms with van der Waals surface area (Å²) in [5.74, 6) is -0.443. The summed E-state index contributed by atoms with van der Waals surface area (Å²) in [6, 6.07) is 8.39. The van der Waals surface area contributed by atoms with Crippen molar-refractivity contribution in [2.24, 2.45) is 0 Å². The highest BCUT2D eigenvalue weighted by molar-refractivity contribution is 5.50. The average Bonchev–Trinajstić information content (AvgIpc) is 2.56. The molecular formula is C14H18O2. The Labute approximate surface area is 96.9 Å². The fourth-order valence-corrected chi connectivity index (χ4v) is 1.80. The van der Waals surface area contributed by atoms with Crippen molar-refractivity contribution in [3.63, 3.8) is 0 Å². The summed E-state index contributed by atoms with van der Waals surface area (Å²) in [6.07, 6.45) is 4.21. The lowest BCUT2D eigenvalue weighted by molar-refractivity contribution is -0.133. The van der Waals surface area contributed by atoms with Crippen LogP contribution in [0.25, 0.3) is 6.08 Å². The largest absolute Gasteiger partial charge is 0.347 e. The van der Waals surface area contributed by atoms with Gasteiger partial charge >= 0.3 is 0 Å². The van der Waals surface area contributed by atoms with Crippen LogP contribution in [0, 0.1) is 6.92 Å². The van der Waals surface area contributed by atoms with Gasteiger partial charge in [-0.3, -0.25) is 0 Å². The Hall–Kier alpha value is -1.12. The standard InChI is InChI=1S/C14H18O2/c1-11-5-4-6-12(9-11)7-8-13-10-15-14(2,3)16-13/h4-9,13H,10H2,1-3H3/b8-7+/t13-/m0/s1. The normalized spacial score (nSPS) is 24.1. The summed E-state index contributed by atoms with van der Waals surface area (Å²) in [5, 5.41) is 0. The number of benzene rings is 1. The fraction of sp³-hybridized carbons (Fsp3) is 0.429. The molecule has 0 aromatic heterocycles. The predicted octanol–water partition coefficient (Wildman–Crippen LogP) is 3.16. The van der Waals surface area contributed by atoms with Gasteiger partial charge in [0.05, 0.1) is 6.61 Å². The highest BCUT2D eigenvalue weighted by Crippen LogP contribution is 2.23. The number of hydrogen-bond acceptors (Lipinski definition) is 2. The maximum atomic E-state index is 5.69. The molecule has 1 aliphatic rings. The van der Waals surface area contributed by atoms with E-state index in [-0.39, 0.29) is 6.10 Å². The van der Waals surface area contributed by atoms with Gasteiger partial charge in [-0.25, -0.2) is 0 Å². The quantitative estimate of drug-likeness (QED) is 0.759. The SMILES string of the molecule is Cc1cccc(/C=C/[C@H]2COC(C)(C)O2)c1. The van der Waals surface area contributed by atoms with E-state index in [2.05, 4.69) is 43.3 Å². The van der Waals surface area contributed by atoms with Crippen LogP contribution in [-0.2, 0) is 9.47 Å². The first-order valence-corrected chi connectivity index (χ1v) is 5.62. The van der Waals surface area contributed by atoms with Crippen LogP contribution >= 0.6 is 0 Å². The zero-order valence-corrected chi connectivity index (χ0v) is 10.1. The van der Waals surface area contributed by atoms with Crippen LogP contribution in [-0.4, -0.2) is 18.5 Å². The van der Waals surface area contributed by atoms with Gasteiger partial charge in [0.25, 0.3) is 0 Å². The molecule has 0 unspecified atom stereocenters. The number of hydrogen-bond donors (Lipinski definition) is 0. The molecule has 1 fully saturated rings. The maximum absolute atomic E-state index is 5.69. The molecule has 0 N–H and O–H groups in total. The van der Waals surface area contributed by atoms with Crippen molar-refractivity contribution in [1.29, 1.82) is 0 Å². The van der Waals surface area contributed by atoms with E-state index in [1.807, 2.05) is 13.8 Å². The monoisotopic (exact) mass is 218 g/mol. The minimum Gasteiger partial charge on any atom is -0.347 e. The summed E-state index contributed by atoms with van der Waals surface area (Å²) < 4.78 is 11.2. The molecule has 0 bridgehead atoms. The molecule has 0 radical (unpaired) electrons. The van der Waals surface area contributed by atoms with Crippen LogP contribution in [0.4, 0.5) is 0 Å². The first kappa shape index (κ1) is 11.4. The van der Waals surface area contributed by atoms with Crippen LogP contribution in [0.1, 0.15) is 25.0 Å². The summed E-state index contributed by atoms with van der Waals surface area (Å²) in [6.45, 7) is 6.60. The van der Waals surface area contributed by atoms with Crippen LogP contribution in [0.2, 0.25) is 0 Å². The van der Waals surface area contributed by atoms with Crippen molar-refractivity contribution >= 4 is 6.08 Å². The zero-order valence-electron chi connectivity index (χ0n) is 10.1. The van der Waals surface area contributed by atoms with Gasteiger partial charge in [-0.15, -0.1) is 0 Å². The molecule has 1 aliphatic heterocycles. The maximum Gasteiger partial charge on any atom is 0.163 e. The third-order valence-electron chi connectivity index (χ3n) is 2.58. The molecule has 16 heavy (non-hydrogen) atoms. The van der Waals surface area contributed by atoms with E-state index in [1.54, 1.807) is 0 Å². The first-order valence-electron chi connectivity index (χ1n) is 5.62. The molecule has 2 heteroatoms. The lowest BCUT2D eigenvalue weighted by atomic mass is 10.1. The van der Waals surface area contributed by atoms with E-state index in [0.717, 1.165) is 0 Å². The molecule has 1 aromatic carbocycles. The van der Waals surface area contributed by atoms with Gasteiger partial charge in [0, 0.05) is 0 Å². The number of ether oxygens (including phenoxy) is 2. The van der Waals surface area contributed by atoms with E-state index in [4.69, 9.17) is 9.47 Å². The summed E-state index contributed by atoms with van der Waals surface area (Å²) in [4.78, 5) is 0.